The first-order chi connectivity index (χ1) is 10.4. The van der Waals surface area contributed by atoms with E-state index < -0.39 is 0 Å². The first-order valence-corrected chi connectivity index (χ1v) is 7.68. The molecule has 2 aromatic rings. The number of aromatic nitrogens is 2. The summed E-state index contributed by atoms with van der Waals surface area (Å²) in [5.74, 6) is 1.01. The van der Waals surface area contributed by atoms with E-state index in [9.17, 15) is 4.79 Å². The van der Waals surface area contributed by atoms with Crippen molar-refractivity contribution in [1.29, 1.82) is 0 Å². The fraction of sp³-hybridized carbons (Fsp3) is 0.267. The van der Waals surface area contributed by atoms with Gasteiger partial charge in [0.15, 0.2) is 11.6 Å². The standard InChI is InChI=1S/C15H18BrN5O/c1-9(2)17-15(22)19-14-7-6-13(20-21-14)18-12-5-4-11(16)8-10(12)3/h4-9H,1-3H3,(H,18,20)(H2,17,19,21,22). The second kappa shape index (κ2) is 7.22. The highest BCUT2D eigenvalue weighted by atomic mass is 79.9. The molecule has 116 valence electrons. The number of nitrogens with zero attached hydrogens (tertiary/aromatic N) is 2. The Bertz CT molecular complexity index is 657. The van der Waals surface area contributed by atoms with Crippen molar-refractivity contribution >= 4 is 39.3 Å². The first-order valence-electron chi connectivity index (χ1n) is 6.88. The molecule has 0 fully saturated rings. The number of rotatable bonds is 4. The van der Waals surface area contributed by atoms with Gasteiger partial charge in [0.2, 0.25) is 0 Å². The molecule has 6 nitrogen and oxygen atoms in total. The van der Waals surface area contributed by atoms with E-state index in [0.29, 0.717) is 11.6 Å². The molecule has 0 spiro atoms. The maximum atomic E-state index is 11.6. The summed E-state index contributed by atoms with van der Waals surface area (Å²) >= 11 is 3.43. The van der Waals surface area contributed by atoms with Crippen LogP contribution in [0.5, 0.6) is 0 Å². The molecule has 0 atom stereocenters. The molecule has 7 heteroatoms. The highest BCUT2D eigenvalue weighted by molar-refractivity contribution is 9.10. The lowest BCUT2D eigenvalue weighted by atomic mass is 10.2. The molecule has 0 saturated carbocycles. The molecule has 0 saturated heterocycles. The summed E-state index contributed by atoms with van der Waals surface area (Å²) in [6.45, 7) is 5.78. The number of hydrogen-bond acceptors (Lipinski definition) is 4. The molecule has 1 aromatic carbocycles. The van der Waals surface area contributed by atoms with Crippen molar-refractivity contribution < 1.29 is 4.79 Å². The average molecular weight is 364 g/mol. The minimum atomic E-state index is -0.297. The van der Waals surface area contributed by atoms with Crippen LogP contribution in [0.15, 0.2) is 34.8 Å². The van der Waals surface area contributed by atoms with Gasteiger partial charge in [0, 0.05) is 16.2 Å². The van der Waals surface area contributed by atoms with Gasteiger partial charge in [-0.1, -0.05) is 15.9 Å². The Balaban J connectivity index is 2.01. The molecular formula is C15H18BrN5O. The van der Waals surface area contributed by atoms with E-state index in [2.05, 4.69) is 42.1 Å². The lowest BCUT2D eigenvalue weighted by Crippen LogP contribution is -2.34. The Labute approximate surface area is 137 Å². The molecule has 2 rings (SSSR count). The fourth-order valence-electron chi connectivity index (χ4n) is 1.79. The molecular weight excluding hydrogens is 346 g/mol. The van der Waals surface area contributed by atoms with Crippen molar-refractivity contribution in [2.75, 3.05) is 10.6 Å². The van der Waals surface area contributed by atoms with Crippen LogP contribution in [0.25, 0.3) is 0 Å². The minimum Gasteiger partial charge on any atom is -0.339 e. The van der Waals surface area contributed by atoms with E-state index in [-0.39, 0.29) is 12.1 Å². The van der Waals surface area contributed by atoms with Crippen LogP contribution in [0, 0.1) is 6.92 Å². The van der Waals surface area contributed by atoms with E-state index in [1.54, 1.807) is 12.1 Å². The number of hydrogen-bond donors (Lipinski definition) is 3. The molecule has 0 aliphatic carbocycles. The van der Waals surface area contributed by atoms with Gasteiger partial charge >= 0.3 is 6.03 Å². The third-order valence-corrected chi connectivity index (χ3v) is 3.27. The summed E-state index contributed by atoms with van der Waals surface area (Å²) in [4.78, 5) is 11.6. The maximum absolute atomic E-state index is 11.6. The zero-order valence-electron chi connectivity index (χ0n) is 12.6. The van der Waals surface area contributed by atoms with E-state index in [4.69, 9.17) is 0 Å². The average Bonchev–Trinajstić information content (AvgIpc) is 2.43. The van der Waals surface area contributed by atoms with Crippen molar-refractivity contribution in [3.63, 3.8) is 0 Å². The van der Waals surface area contributed by atoms with Crippen LogP contribution in [0.3, 0.4) is 0 Å². The van der Waals surface area contributed by atoms with Crippen molar-refractivity contribution in [2.24, 2.45) is 0 Å². The third kappa shape index (κ3) is 4.70. The monoisotopic (exact) mass is 363 g/mol. The van der Waals surface area contributed by atoms with Gasteiger partial charge in [0.25, 0.3) is 0 Å². The number of nitrogens with one attached hydrogen (secondary N) is 3. The lowest BCUT2D eigenvalue weighted by Gasteiger charge is -2.10. The smallest absolute Gasteiger partial charge is 0.320 e. The Morgan fingerprint density at radius 2 is 1.82 bits per heavy atom. The first kappa shape index (κ1) is 16.2. The van der Waals surface area contributed by atoms with Gasteiger partial charge in [-0.25, -0.2) is 4.79 Å². The van der Waals surface area contributed by atoms with E-state index >= 15 is 0 Å². The number of halogens is 1. The zero-order valence-corrected chi connectivity index (χ0v) is 14.2. The number of benzene rings is 1. The van der Waals surface area contributed by atoms with Crippen LogP contribution >= 0.6 is 15.9 Å². The van der Waals surface area contributed by atoms with Crippen LogP contribution in [-0.4, -0.2) is 22.3 Å². The summed E-state index contributed by atoms with van der Waals surface area (Å²) in [7, 11) is 0. The molecule has 1 aromatic heterocycles. The van der Waals surface area contributed by atoms with Crippen molar-refractivity contribution in [2.45, 2.75) is 26.8 Å². The van der Waals surface area contributed by atoms with Crippen LogP contribution in [0.4, 0.5) is 22.1 Å². The summed E-state index contributed by atoms with van der Waals surface area (Å²) in [6, 6.07) is 9.16. The number of amides is 2. The predicted octanol–water partition coefficient (Wildman–Crippen LogP) is 3.82. The topological polar surface area (TPSA) is 78.9 Å². The largest absolute Gasteiger partial charge is 0.339 e. The highest BCUT2D eigenvalue weighted by Crippen LogP contribution is 2.22. The van der Waals surface area contributed by atoms with Crippen LogP contribution in [-0.2, 0) is 0 Å². The van der Waals surface area contributed by atoms with Gasteiger partial charge in [-0.2, -0.15) is 0 Å². The van der Waals surface area contributed by atoms with Gasteiger partial charge in [0.05, 0.1) is 0 Å². The summed E-state index contributed by atoms with van der Waals surface area (Å²) in [6.07, 6.45) is 0. The van der Waals surface area contributed by atoms with Gasteiger partial charge in [-0.15, -0.1) is 10.2 Å². The Hall–Kier alpha value is -2.15. The number of carbonyl (C=O) groups excluding carboxylic acids is 1. The summed E-state index contributed by atoms with van der Waals surface area (Å²) in [5, 5.41) is 16.6. The summed E-state index contributed by atoms with van der Waals surface area (Å²) in [5.41, 5.74) is 2.05. The van der Waals surface area contributed by atoms with Gasteiger partial charge < -0.3 is 10.6 Å². The molecule has 3 N–H and O–H groups in total. The highest BCUT2D eigenvalue weighted by Gasteiger charge is 2.06. The van der Waals surface area contributed by atoms with Crippen LogP contribution in [0.2, 0.25) is 0 Å². The maximum Gasteiger partial charge on any atom is 0.320 e. The van der Waals surface area contributed by atoms with E-state index in [1.165, 1.54) is 0 Å². The fourth-order valence-corrected chi connectivity index (χ4v) is 2.26. The second-order valence-electron chi connectivity index (χ2n) is 5.14. The number of urea groups is 1. The molecule has 0 aliphatic heterocycles. The Kier molecular flexibility index (Phi) is 5.32. The molecule has 2 amide bonds. The van der Waals surface area contributed by atoms with Crippen LogP contribution in [0.1, 0.15) is 19.4 Å². The summed E-state index contributed by atoms with van der Waals surface area (Å²) < 4.78 is 1.03. The number of anilines is 3. The SMILES string of the molecule is Cc1cc(Br)ccc1Nc1ccc(NC(=O)NC(C)C)nn1. The normalized spacial score (nSPS) is 10.4. The number of carbonyl (C=O) groups is 1. The van der Waals surface area contributed by atoms with Crippen LogP contribution < -0.4 is 16.0 Å². The van der Waals surface area contributed by atoms with E-state index in [1.807, 2.05) is 39.0 Å². The molecule has 0 radical (unpaired) electrons. The number of aryl methyl sites for hydroxylation is 1. The molecule has 0 aliphatic rings. The van der Waals surface area contributed by atoms with Crippen molar-refractivity contribution in [1.82, 2.24) is 15.5 Å². The minimum absolute atomic E-state index is 0.0641. The Morgan fingerprint density at radius 3 is 2.41 bits per heavy atom. The van der Waals surface area contributed by atoms with Gasteiger partial charge in [0.1, 0.15) is 0 Å². The zero-order chi connectivity index (χ0) is 16.1. The lowest BCUT2D eigenvalue weighted by molar-refractivity contribution is 0.250. The molecule has 0 unspecified atom stereocenters. The van der Waals surface area contributed by atoms with Crippen molar-refractivity contribution in [3.05, 3.63) is 40.4 Å². The quantitative estimate of drug-likeness (QED) is 0.771. The second-order valence-corrected chi connectivity index (χ2v) is 6.06. The molecule has 0 bridgehead atoms. The van der Waals surface area contributed by atoms with Crippen molar-refractivity contribution in [3.8, 4) is 0 Å². The van der Waals surface area contributed by atoms with Gasteiger partial charge in [-0.3, -0.25) is 5.32 Å². The molecule has 1 heterocycles. The Morgan fingerprint density at radius 1 is 1.14 bits per heavy atom. The molecule has 22 heavy (non-hydrogen) atoms. The van der Waals surface area contributed by atoms with Gasteiger partial charge in [-0.05, 0) is 56.7 Å². The third-order valence-electron chi connectivity index (χ3n) is 2.78. The predicted molar refractivity (Wildman–Crippen MR) is 91.5 cm³/mol. The van der Waals surface area contributed by atoms with E-state index in [0.717, 1.165) is 15.7 Å².